The summed E-state index contributed by atoms with van der Waals surface area (Å²) in [4.78, 5) is 33.0. The molecule has 2 aromatic heterocycles. The molecule has 5 atom stereocenters. The zero-order chi connectivity index (χ0) is 30.4. The fourth-order valence-corrected chi connectivity index (χ4v) is 7.73. The normalized spacial score (nSPS) is 24.5. The highest BCUT2D eigenvalue weighted by molar-refractivity contribution is 6.00. The number of benzene rings is 2. The van der Waals surface area contributed by atoms with E-state index in [1.807, 2.05) is 33.9 Å². The summed E-state index contributed by atoms with van der Waals surface area (Å²) in [6.07, 6.45) is 2.16. The third-order valence-corrected chi connectivity index (χ3v) is 9.50. The molecular formula is C33H39FN6O3. The van der Waals surface area contributed by atoms with Crippen molar-refractivity contribution < 1.29 is 18.7 Å². The predicted octanol–water partition coefficient (Wildman–Crippen LogP) is 6.23. The number of ether oxygens (including phenoxy) is 1. The first-order valence-corrected chi connectivity index (χ1v) is 15.3. The van der Waals surface area contributed by atoms with Crippen LogP contribution in [0.2, 0.25) is 0 Å². The third-order valence-electron chi connectivity index (χ3n) is 9.50. The van der Waals surface area contributed by atoms with Gasteiger partial charge in [-0.3, -0.25) is 4.79 Å². The summed E-state index contributed by atoms with van der Waals surface area (Å²) in [5, 5.41) is 7.74. The maximum Gasteiger partial charge on any atom is 0.407 e. The summed E-state index contributed by atoms with van der Waals surface area (Å²) in [6.45, 7) is 10.4. The Bertz CT molecular complexity index is 1780. The zero-order valence-electron chi connectivity index (χ0n) is 25.6. The van der Waals surface area contributed by atoms with E-state index in [9.17, 15) is 9.59 Å². The van der Waals surface area contributed by atoms with Crippen molar-refractivity contribution >= 4 is 39.6 Å². The number of likely N-dealkylation sites (tertiary alicyclic amines) is 1. The molecule has 0 spiro atoms. The summed E-state index contributed by atoms with van der Waals surface area (Å²) in [7, 11) is 1.83. The fraction of sp³-hybridized carbons (Fsp3) is 0.485. The van der Waals surface area contributed by atoms with E-state index < -0.39 is 17.5 Å². The minimum absolute atomic E-state index is 0.144. The average molecular weight is 587 g/mol. The number of aromatic nitrogens is 3. The molecule has 226 valence electrons. The third kappa shape index (κ3) is 4.36. The Hall–Kier alpha value is -4.08. The number of carbonyl (C=O) groups excluding carboxylic acids is 2. The lowest BCUT2D eigenvalue weighted by molar-refractivity contribution is 0.0485. The van der Waals surface area contributed by atoms with E-state index in [0.717, 1.165) is 41.5 Å². The second-order valence-electron chi connectivity index (χ2n) is 13.4. The van der Waals surface area contributed by atoms with Gasteiger partial charge in [0.2, 0.25) is 0 Å². The highest BCUT2D eigenvalue weighted by Gasteiger charge is 2.50. The van der Waals surface area contributed by atoms with E-state index in [2.05, 4.69) is 47.2 Å². The van der Waals surface area contributed by atoms with Crippen molar-refractivity contribution in [2.45, 2.75) is 83.6 Å². The second-order valence-corrected chi connectivity index (χ2v) is 13.4. The predicted molar refractivity (Wildman–Crippen MR) is 165 cm³/mol. The second kappa shape index (κ2) is 9.72. The Morgan fingerprint density at radius 2 is 1.95 bits per heavy atom. The minimum atomic E-state index is -0.605. The van der Waals surface area contributed by atoms with Crippen molar-refractivity contribution in [1.29, 1.82) is 0 Å². The van der Waals surface area contributed by atoms with Crippen LogP contribution in [-0.2, 0) is 11.8 Å². The van der Waals surface area contributed by atoms with Crippen molar-refractivity contribution in [2.75, 3.05) is 11.9 Å². The smallest absolute Gasteiger partial charge is 0.407 e. The molecule has 7 rings (SSSR count). The summed E-state index contributed by atoms with van der Waals surface area (Å²) in [6, 6.07) is 11.5. The molecule has 1 saturated heterocycles. The van der Waals surface area contributed by atoms with Gasteiger partial charge in [0.1, 0.15) is 16.9 Å². The van der Waals surface area contributed by atoms with Crippen molar-refractivity contribution in [3.8, 4) is 11.5 Å². The Morgan fingerprint density at radius 3 is 2.70 bits per heavy atom. The van der Waals surface area contributed by atoms with Gasteiger partial charge < -0.3 is 29.4 Å². The van der Waals surface area contributed by atoms with Gasteiger partial charge in [-0.25, -0.2) is 14.2 Å². The van der Waals surface area contributed by atoms with E-state index in [4.69, 9.17) is 9.72 Å². The van der Waals surface area contributed by atoms with Crippen LogP contribution in [0.15, 0.2) is 36.4 Å². The minimum Gasteiger partial charge on any atom is -0.444 e. The van der Waals surface area contributed by atoms with Gasteiger partial charge in [0.05, 0.1) is 40.5 Å². The van der Waals surface area contributed by atoms with Gasteiger partial charge in [-0.05, 0) is 77.1 Å². The van der Waals surface area contributed by atoms with Crippen molar-refractivity contribution in [3.05, 3.63) is 47.8 Å². The SMILES string of the molecule is CC[C@@H]1[C@H](C)Nc2cccc3cc(-c4nc5cc(C(=O)N6C[C@H]7CC[C@@H]6[C@@H]7NC(=O)OC(C)(C)C)cc(F)c5n4C)n1c23. The Morgan fingerprint density at radius 1 is 1.16 bits per heavy atom. The van der Waals surface area contributed by atoms with Gasteiger partial charge in [0.15, 0.2) is 5.82 Å². The lowest BCUT2D eigenvalue weighted by Gasteiger charge is -2.34. The van der Waals surface area contributed by atoms with Crippen LogP contribution in [0, 0.1) is 11.7 Å². The lowest BCUT2D eigenvalue weighted by atomic mass is 10.0. The molecule has 2 fully saturated rings. The number of imidazole rings is 1. The molecule has 0 radical (unpaired) electrons. The van der Waals surface area contributed by atoms with E-state index in [1.54, 1.807) is 15.5 Å². The van der Waals surface area contributed by atoms with E-state index >= 15 is 4.39 Å². The number of amides is 2. The van der Waals surface area contributed by atoms with Crippen LogP contribution in [-0.4, -0.2) is 61.3 Å². The summed E-state index contributed by atoms with van der Waals surface area (Å²) < 4.78 is 25.4. The first-order valence-electron chi connectivity index (χ1n) is 15.3. The molecule has 2 amide bonds. The summed E-state index contributed by atoms with van der Waals surface area (Å²) in [5.41, 5.74) is 3.62. The largest absolute Gasteiger partial charge is 0.444 e. The number of alkyl carbamates (subject to hydrolysis) is 1. The summed E-state index contributed by atoms with van der Waals surface area (Å²) in [5.74, 6) is 0.0861. The number of nitrogens with one attached hydrogen (secondary N) is 2. The lowest BCUT2D eigenvalue weighted by Crippen LogP contribution is -2.46. The number of anilines is 1. The van der Waals surface area contributed by atoms with Crippen LogP contribution >= 0.6 is 0 Å². The Balaban J connectivity index is 1.23. The molecule has 3 aliphatic rings. The van der Waals surface area contributed by atoms with Crippen molar-refractivity contribution in [1.82, 2.24) is 24.3 Å². The van der Waals surface area contributed by atoms with E-state index in [0.29, 0.717) is 23.4 Å². The van der Waals surface area contributed by atoms with Crippen LogP contribution in [0.3, 0.4) is 0 Å². The number of para-hydroxylation sites is 1. The fourth-order valence-electron chi connectivity index (χ4n) is 7.73. The van der Waals surface area contributed by atoms with Crippen LogP contribution < -0.4 is 10.6 Å². The Kier molecular flexibility index (Phi) is 6.27. The molecule has 2 aliphatic heterocycles. The number of carbonyl (C=O) groups is 2. The number of halogens is 1. The first kappa shape index (κ1) is 27.7. The van der Waals surface area contributed by atoms with E-state index in [-0.39, 0.29) is 41.6 Å². The number of fused-ring (bicyclic) bond motifs is 3. The highest BCUT2D eigenvalue weighted by atomic mass is 19.1. The number of rotatable bonds is 4. The molecular weight excluding hydrogens is 547 g/mol. The average Bonchev–Trinajstić information content (AvgIpc) is 3.68. The van der Waals surface area contributed by atoms with E-state index in [1.165, 1.54) is 6.07 Å². The van der Waals surface area contributed by atoms with Crippen molar-refractivity contribution in [2.24, 2.45) is 13.0 Å². The van der Waals surface area contributed by atoms with Gasteiger partial charge in [-0.2, -0.15) is 0 Å². The number of hydrogen-bond donors (Lipinski definition) is 2. The van der Waals surface area contributed by atoms with Crippen LogP contribution in [0.25, 0.3) is 33.5 Å². The van der Waals surface area contributed by atoms with Crippen LogP contribution in [0.1, 0.15) is 70.3 Å². The summed E-state index contributed by atoms with van der Waals surface area (Å²) >= 11 is 0. The van der Waals surface area contributed by atoms with Gasteiger partial charge in [-0.1, -0.05) is 19.1 Å². The quantitative estimate of drug-likeness (QED) is 0.296. The molecule has 43 heavy (non-hydrogen) atoms. The Labute approximate surface area is 250 Å². The van der Waals surface area contributed by atoms with Gasteiger partial charge in [0.25, 0.3) is 5.91 Å². The molecule has 2 aromatic carbocycles. The molecule has 10 heteroatoms. The van der Waals surface area contributed by atoms with Crippen LogP contribution in [0.5, 0.6) is 0 Å². The maximum atomic E-state index is 15.8. The molecule has 0 unspecified atom stereocenters. The number of piperidine rings is 1. The number of hydrogen-bond acceptors (Lipinski definition) is 5. The molecule has 2 bridgehead atoms. The van der Waals surface area contributed by atoms with Crippen LogP contribution in [0.4, 0.5) is 14.9 Å². The number of aryl methyl sites for hydroxylation is 1. The molecule has 4 heterocycles. The molecule has 4 aromatic rings. The zero-order valence-corrected chi connectivity index (χ0v) is 25.6. The molecule has 1 saturated carbocycles. The molecule has 2 N–H and O–H groups in total. The molecule has 1 aliphatic carbocycles. The standard InChI is InChI=1S/C33H39FN6O3/c1-7-24-17(2)35-22-10-8-9-18-15-26(40(24)28(18)22)30-36-23-14-20(13-21(34)29(23)38(30)6)31(41)39-16-19-11-12-25(39)27(19)37-32(42)43-33(3,4)5/h8-10,13-15,17,19,24-25,27,35H,7,11-12,16H2,1-6H3,(H,37,42)/t17-,19+,24+,25+,27+/m0/s1. The molecule has 9 nitrogen and oxygen atoms in total. The monoisotopic (exact) mass is 586 g/mol. The van der Waals surface area contributed by atoms with Gasteiger partial charge in [-0.15, -0.1) is 0 Å². The highest BCUT2D eigenvalue weighted by Crippen LogP contribution is 2.42. The van der Waals surface area contributed by atoms with Gasteiger partial charge >= 0.3 is 6.09 Å². The maximum absolute atomic E-state index is 15.8. The van der Waals surface area contributed by atoms with Crippen molar-refractivity contribution in [3.63, 3.8) is 0 Å². The topological polar surface area (TPSA) is 93.4 Å². The number of nitrogens with zero attached hydrogens (tertiary/aromatic N) is 4. The van der Waals surface area contributed by atoms with Gasteiger partial charge in [0, 0.05) is 30.6 Å². The first-order chi connectivity index (χ1) is 20.4.